The molecule has 0 aromatic carbocycles. The molecule has 0 radical (unpaired) electrons. The summed E-state index contributed by atoms with van der Waals surface area (Å²) in [6.45, 7) is 1.18. The lowest BCUT2D eigenvalue weighted by Gasteiger charge is -2.34. The van der Waals surface area contributed by atoms with Gasteiger partial charge in [0, 0.05) is 18.5 Å². The fourth-order valence-electron chi connectivity index (χ4n) is 2.56. The summed E-state index contributed by atoms with van der Waals surface area (Å²) < 4.78 is 0. The largest absolute Gasteiger partial charge is 0.310 e. The van der Waals surface area contributed by atoms with E-state index in [4.69, 9.17) is 0 Å². The quantitative estimate of drug-likeness (QED) is 0.593. The minimum atomic E-state index is 0.616. The van der Waals surface area contributed by atoms with Crippen LogP contribution in [0.4, 0.5) is 0 Å². The molecule has 0 amide bonds. The Hall–Kier alpha value is -0.890. The Morgan fingerprint density at radius 1 is 1.46 bits per heavy atom. The fraction of sp³-hybridized carbons (Fsp3) is 0.545. The minimum Gasteiger partial charge on any atom is -0.310 e. The molecule has 2 nitrogen and oxygen atoms in total. The van der Waals surface area contributed by atoms with E-state index in [-0.39, 0.29) is 0 Å². The molecular formula is C11H14N2. The van der Waals surface area contributed by atoms with Crippen molar-refractivity contribution < 1.29 is 0 Å². The number of nitrogens with zero attached hydrogens (tertiary/aromatic N) is 1. The molecule has 2 unspecified atom stereocenters. The maximum atomic E-state index is 4.20. The van der Waals surface area contributed by atoms with Crippen molar-refractivity contribution in [2.75, 3.05) is 6.54 Å². The Morgan fingerprint density at radius 3 is 3.46 bits per heavy atom. The third-order valence-electron chi connectivity index (χ3n) is 3.30. The van der Waals surface area contributed by atoms with Gasteiger partial charge < -0.3 is 5.32 Å². The SMILES string of the molecule is C1=NC=C2CC3CCCNC3C=C12. The van der Waals surface area contributed by atoms with Crippen LogP contribution >= 0.6 is 0 Å². The van der Waals surface area contributed by atoms with Gasteiger partial charge in [-0.05, 0) is 42.9 Å². The lowest BCUT2D eigenvalue weighted by atomic mass is 9.79. The van der Waals surface area contributed by atoms with Crippen molar-refractivity contribution in [3.63, 3.8) is 0 Å². The zero-order valence-electron chi connectivity index (χ0n) is 7.66. The van der Waals surface area contributed by atoms with Crippen LogP contribution in [0.1, 0.15) is 19.3 Å². The number of allylic oxidation sites excluding steroid dienone is 2. The molecule has 2 atom stereocenters. The lowest BCUT2D eigenvalue weighted by molar-refractivity contribution is 0.312. The molecule has 1 N–H and O–H groups in total. The van der Waals surface area contributed by atoms with Crippen molar-refractivity contribution in [1.82, 2.24) is 5.32 Å². The number of hydrogen-bond acceptors (Lipinski definition) is 2. The topological polar surface area (TPSA) is 24.4 Å². The first kappa shape index (κ1) is 7.51. The summed E-state index contributed by atoms with van der Waals surface area (Å²) in [7, 11) is 0. The smallest absolute Gasteiger partial charge is 0.0341 e. The second-order valence-corrected chi connectivity index (χ2v) is 4.14. The number of piperidine rings is 1. The zero-order valence-corrected chi connectivity index (χ0v) is 7.66. The van der Waals surface area contributed by atoms with Gasteiger partial charge in [-0.25, -0.2) is 0 Å². The number of rotatable bonds is 0. The van der Waals surface area contributed by atoms with Crippen LogP contribution in [-0.2, 0) is 0 Å². The summed E-state index contributed by atoms with van der Waals surface area (Å²) in [6.07, 6.45) is 10.3. The molecule has 0 spiro atoms. The molecule has 1 fully saturated rings. The Kier molecular flexibility index (Phi) is 1.62. The predicted molar refractivity (Wildman–Crippen MR) is 53.8 cm³/mol. The fourth-order valence-corrected chi connectivity index (χ4v) is 2.56. The monoisotopic (exact) mass is 174 g/mol. The van der Waals surface area contributed by atoms with Crippen LogP contribution in [0.15, 0.2) is 28.4 Å². The molecule has 2 heteroatoms. The Labute approximate surface area is 78.4 Å². The molecule has 0 saturated carbocycles. The molecule has 2 aliphatic heterocycles. The van der Waals surface area contributed by atoms with Gasteiger partial charge in [-0.2, -0.15) is 0 Å². The third-order valence-corrected chi connectivity index (χ3v) is 3.30. The molecule has 1 aliphatic carbocycles. The highest BCUT2D eigenvalue weighted by Crippen LogP contribution is 2.34. The van der Waals surface area contributed by atoms with E-state index in [1.54, 1.807) is 0 Å². The molecule has 13 heavy (non-hydrogen) atoms. The van der Waals surface area contributed by atoms with Crippen molar-refractivity contribution in [3.05, 3.63) is 23.4 Å². The van der Waals surface area contributed by atoms with Gasteiger partial charge in [0.1, 0.15) is 0 Å². The van der Waals surface area contributed by atoms with Gasteiger partial charge in [-0.15, -0.1) is 0 Å². The average molecular weight is 174 g/mol. The molecule has 0 bridgehead atoms. The van der Waals surface area contributed by atoms with Crippen molar-refractivity contribution in [2.24, 2.45) is 10.9 Å². The van der Waals surface area contributed by atoms with E-state index >= 15 is 0 Å². The molecule has 0 aromatic rings. The van der Waals surface area contributed by atoms with Crippen molar-refractivity contribution >= 4 is 6.21 Å². The van der Waals surface area contributed by atoms with Crippen LogP contribution in [0.5, 0.6) is 0 Å². The Balaban J connectivity index is 1.92. The summed E-state index contributed by atoms with van der Waals surface area (Å²) in [4.78, 5) is 4.20. The average Bonchev–Trinajstić information content (AvgIpc) is 2.61. The molecular weight excluding hydrogens is 160 g/mol. The number of fused-ring (bicyclic) bond motifs is 2. The summed E-state index contributed by atoms with van der Waals surface area (Å²) in [5.41, 5.74) is 2.81. The summed E-state index contributed by atoms with van der Waals surface area (Å²) in [5.74, 6) is 0.824. The van der Waals surface area contributed by atoms with Crippen LogP contribution in [-0.4, -0.2) is 18.8 Å². The van der Waals surface area contributed by atoms with E-state index in [1.165, 1.54) is 37.0 Å². The molecule has 68 valence electrons. The van der Waals surface area contributed by atoms with E-state index in [9.17, 15) is 0 Å². The number of aliphatic imine (C=N–C) groups is 1. The van der Waals surface area contributed by atoms with Gasteiger partial charge in [-0.1, -0.05) is 6.08 Å². The van der Waals surface area contributed by atoms with Crippen molar-refractivity contribution in [3.8, 4) is 0 Å². The van der Waals surface area contributed by atoms with Crippen LogP contribution in [0.25, 0.3) is 0 Å². The van der Waals surface area contributed by atoms with Crippen LogP contribution in [0, 0.1) is 5.92 Å². The van der Waals surface area contributed by atoms with Crippen molar-refractivity contribution in [2.45, 2.75) is 25.3 Å². The number of hydrogen-bond donors (Lipinski definition) is 1. The molecule has 2 heterocycles. The molecule has 3 aliphatic rings. The van der Waals surface area contributed by atoms with Gasteiger partial charge in [0.15, 0.2) is 0 Å². The second kappa shape index (κ2) is 2.81. The summed E-state index contributed by atoms with van der Waals surface area (Å²) in [6, 6.07) is 0.616. The first-order chi connectivity index (χ1) is 6.43. The first-order valence-electron chi connectivity index (χ1n) is 5.11. The maximum Gasteiger partial charge on any atom is 0.0341 e. The summed E-state index contributed by atoms with van der Waals surface area (Å²) in [5, 5.41) is 3.57. The molecule has 0 aromatic heterocycles. The van der Waals surface area contributed by atoms with E-state index < -0.39 is 0 Å². The van der Waals surface area contributed by atoms with Gasteiger partial charge >= 0.3 is 0 Å². The van der Waals surface area contributed by atoms with Crippen LogP contribution in [0.3, 0.4) is 0 Å². The minimum absolute atomic E-state index is 0.616. The highest BCUT2D eigenvalue weighted by atomic mass is 14.9. The van der Waals surface area contributed by atoms with Crippen molar-refractivity contribution in [1.29, 1.82) is 0 Å². The van der Waals surface area contributed by atoms with E-state index in [0.29, 0.717) is 6.04 Å². The first-order valence-corrected chi connectivity index (χ1v) is 5.11. The standard InChI is InChI=1S/C11H14N2/c1-2-8-4-9-6-12-7-10(9)5-11(8)13-3-1/h5-8,11,13H,1-4H2. The highest BCUT2D eigenvalue weighted by molar-refractivity contribution is 5.88. The molecule has 1 saturated heterocycles. The predicted octanol–water partition coefficient (Wildman–Crippen LogP) is 1.65. The maximum absolute atomic E-state index is 4.20. The number of nitrogens with one attached hydrogen (secondary N) is 1. The van der Waals surface area contributed by atoms with E-state index in [1.807, 2.05) is 12.4 Å². The second-order valence-electron chi connectivity index (χ2n) is 4.14. The highest BCUT2D eigenvalue weighted by Gasteiger charge is 2.29. The Morgan fingerprint density at radius 2 is 2.46 bits per heavy atom. The van der Waals surface area contributed by atoms with E-state index in [2.05, 4.69) is 16.4 Å². The molecule has 3 rings (SSSR count). The van der Waals surface area contributed by atoms with Gasteiger partial charge in [0.2, 0.25) is 0 Å². The van der Waals surface area contributed by atoms with E-state index in [0.717, 1.165) is 5.92 Å². The van der Waals surface area contributed by atoms with Crippen LogP contribution in [0.2, 0.25) is 0 Å². The zero-order chi connectivity index (χ0) is 8.67. The van der Waals surface area contributed by atoms with Gasteiger partial charge in [-0.3, -0.25) is 4.99 Å². The van der Waals surface area contributed by atoms with Crippen LogP contribution < -0.4 is 5.32 Å². The Bertz CT molecular complexity index is 312. The summed E-state index contributed by atoms with van der Waals surface area (Å²) >= 11 is 0. The van der Waals surface area contributed by atoms with Gasteiger partial charge in [0.25, 0.3) is 0 Å². The lowest BCUT2D eigenvalue weighted by Crippen LogP contribution is -2.42. The third kappa shape index (κ3) is 1.17. The van der Waals surface area contributed by atoms with Gasteiger partial charge in [0.05, 0.1) is 0 Å². The normalized spacial score (nSPS) is 36.3.